The molecule has 2 amide bonds. The van der Waals surface area contributed by atoms with Crippen molar-refractivity contribution >= 4 is 51.9 Å². The van der Waals surface area contributed by atoms with Crippen LogP contribution in [0.2, 0.25) is 0 Å². The van der Waals surface area contributed by atoms with Crippen molar-refractivity contribution in [2.45, 2.75) is 24.6 Å². The maximum Gasteiger partial charge on any atom is 0.307 e. The summed E-state index contributed by atoms with van der Waals surface area (Å²) < 4.78 is 10.5. The number of hydrogen-bond acceptors (Lipinski definition) is 8. The third-order valence-electron chi connectivity index (χ3n) is 5.86. The van der Waals surface area contributed by atoms with Crippen LogP contribution in [0.1, 0.15) is 29.3 Å². The molecule has 1 aromatic carbocycles. The van der Waals surface area contributed by atoms with Crippen LogP contribution in [0.3, 0.4) is 0 Å². The molecule has 3 rings (SSSR count). The number of carbonyl (C=O) groups excluding carboxylic acids is 3. The summed E-state index contributed by atoms with van der Waals surface area (Å²) in [6.07, 6.45) is 0.0954. The van der Waals surface area contributed by atoms with Crippen molar-refractivity contribution in [1.29, 1.82) is 0 Å². The fourth-order valence-electron chi connectivity index (χ4n) is 3.55. The van der Waals surface area contributed by atoms with Gasteiger partial charge in [0, 0.05) is 50.4 Å². The number of amidine groups is 1. The Balaban J connectivity index is 1.43. The zero-order valence-electron chi connectivity index (χ0n) is 19.9. The lowest BCUT2D eigenvalue weighted by molar-refractivity contribution is -0.144. The Labute approximate surface area is 214 Å². The second-order valence-electron chi connectivity index (χ2n) is 8.25. The second-order valence-corrected chi connectivity index (χ2v) is 9.80. The third kappa shape index (κ3) is 7.72. The first-order valence-electron chi connectivity index (χ1n) is 11.4. The first-order chi connectivity index (χ1) is 16.8. The zero-order chi connectivity index (χ0) is 25.4. The van der Waals surface area contributed by atoms with Gasteiger partial charge >= 0.3 is 5.97 Å². The number of esters is 1. The van der Waals surface area contributed by atoms with Gasteiger partial charge in [-0.3, -0.25) is 19.3 Å². The topological polar surface area (TPSA) is 127 Å². The lowest BCUT2D eigenvalue weighted by atomic mass is 10.1. The number of nitrogens with zero attached hydrogens (tertiary/aromatic N) is 3. The molecule has 10 nitrogen and oxygen atoms in total. The Hall–Kier alpha value is -2.54. The molecule has 2 aliphatic rings. The fourth-order valence-corrected chi connectivity index (χ4v) is 4.95. The number of thioether (sulfide) groups is 1. The average molecular weight is 522 g/mol. The van der Waals surface area contributed by atoms with Crippen LogP contribution in [0, 0.1) is 0 Å². The predicted octanol–water partition coefficient (Wildman–Crippen LogP) is 0.634. The first kappa shape index (κ1) is 27.1. The molecule has 2 heterocycles. The maximum absolute atomic E-state index is 12.7. The summed E-state index contributed by atoms with van der Waals surface area (Å²) in [6, 6.07) is 6.41. The van der Waals surface area contributed by atoms with Gasteiger partial charge < -0.3 is 25.4 Å². The summed E-state index contributed by atoms with van der Waals surface area (Å²) in [5.41, 5.74) is 6.66. The molecular formula is C23H31N5O5S2. The number of benzene rings is 1. The monoisotopic (exact) mass is 521 g/mol. The van der Waals surface area contributed by atoms with Crippen LogP contribution >= 0.6 is 24.0 Å². The Morgan fingerprint density at radius 1 is 1.23 bits per heavy atom. The number of hydrogen-bond donors (Lipinski definition) is 2. The molecule has 0 radical (unpaired) electrons. The molecule has 2 fully saturated rings. The third-order valence-corrected chi connectivity index (χ3v) is 7.55. The van der Waals surface area contributed by atoms with Crippen LogP contribution in [0.4, 0.5) is 0 Å². The number of aliphatic imine (C=N–C) groups is 1. The standard InChI is InChI=1S/C23H31N5O5S2/c1-15-19(22(31)25-8-7-18(29)33-14-11-28-9-12-32-13-10-28)35-23(27(15)2)26-21(30)17-5-3-16(4-6-17)20(24)34/h3-6,15,19H,7-14H2,1-2H3,(H2,24,34)(H,25,31). The second kappa shape index (κ2) is 13.0. The van der Waals surface area contributed by atoms with E-state index in [1.54, 1.807) is 36.2 Å². The van der Waals surface area contributed by atoms with Crippen LogP contribution in [0.5, 0.6) is 0 Å². The van der Waals surface area contributed by atoms with Crippen molar-refractivity contribution in [3.05, 3.63) is 35.4 Å². The highest BCUT2D eigenvalue weighted by Gasteiger charge is 2.39. The lowest BCUT2D eigenvalue weighted by Gasteiger charge is -2.26. The Morgan fingerprint density at radius 2 is 1.89 bits per heavy atom. The van der Waals surface area contributed by atoms with E-state index >= 15 is 0 Å². The van der Waals surface area contributed by atoms with Gasteiger partial charge in [-0.2, -0.15) is 4.99 Å². The van der Waals surface area contributed by atoms with Crippen molar-refractivity contribution in [3.63, 3.8) is 0 Å². The number of thiocarbonyl (C=S) groups is 1. The van der Waals surface area contributed by atoms with E-state index < -0.39 is 11.2 Å². The summed E-state index contributed by atoms with van der Waals surface area (Å²) in [5, 5.41) is 2.79. The van der Waals surface area contributed by atoms with Crippen molar-refractivity contribution in [3.8, 4) is 0 Å². The van der Waals surface area contributed by atoms with Gasteiger partial charge in [-0.25, -0.2) is 0 Å². The van der Waals surface area contributed by atoms with Crippen molar-refractivity contribution in [2.75, 3.05) is 53.0 Å². The largest absolute Gasteiger partial charge is 0.464 e. The van der Waals surface area contributed by atoms with Gasteiger partial charge in [-0.05, 0) is 19.1 Å². The molecule has 2 atom stereocenters. The number of ether oxygens (including phenoxy) is 2. The van der Waals surface area contributed by atoms with Gasteiger partial charge in [0.15, 0.2) is 5.17 Å². The molecule has 2 saturated heterocycles. The summed E-state index contributed by atoms with van der Waals surface area (Å²) >= 11 is 6.15. The molecule has 0 spiro atoms. The zero-order valence-corrected chi connectivity index (χ0v) is 21.5. The Morgan fingerprint density at radius 3 is 2.54 bits per heavy atom. The van der Waals surface area contributed by atoms with E-state index in [1.807, 2.05) is 6.92 Å². The smallest absolute Gasteiger partial charge is 0.307 e. The van der Waals surface area contributed by atoms with Gasteiger partial charge in [0.2, 0.25) is 5.91 Å². The number of carbonyl (C=O) groups is 3. The van der Waals surface area contributed by atoms with Crippen LogP contribution in [0.25, 0.3) is 0 Å². The summed E-state index contributed by atoms with van der Waals surface area (Å²) in [7, 11) is 1.79. The molecule has 0 saturated carbocycles. The molecule has 12 heteroatoms. The van der Waals surface area contributed by atoms with Gasteiger partial charge in [0.25, 0.3) is 5.91 Å². The van der Waals surface area contributed by atoms with Gasteiger partial charge in [0.05, 0.1) is 19.6 Å². The first-order valence-corrected chi connectivity index (χ1v) is 12.7. The normalized spacial score (nSPS) is 21.7. The molecule has 2 aliphatic heterocycles. The van der Waals surface area contributed by atoms with Crippen molar-refractivity contribution < 1.29 is 23.9 Å². The van der Waals surface area contributed by atoms with Gasteiger partial charge in [0.1, 0.15) is 16.8 Å². The highest BCUT2D eigenvalue weighted by Crippen LogP contribution is 2.31. The number of nitrogens with one attached hydrogen (secondary N) is 1. The molecule has 0 aliphatic carbocycles. The predicted molar refractivity (Wildman–Crippen MR) is 139 cm³/mol. The van der Waals surface area contributed by atoms with E-state index in [1.165, 1.54) is 11.8 Å². The van der Waals surface area contributed by atoms with Crippen LogP contribution in [0.15, 0.2) is 29.3 Å². The fraction of sp³-hybridized carbons (Fsp3) is 0.522. The quantitative estimate of drug-likeness (QED) is 0.353. The summed E-state index contributed by atoms with van der Waals surface area (Å²) in [5.74, 6) is -0.979. The molecule has 35 heavy (non-hydrogen) atoms. The summed E-state index contributed by atoms with van der Waals surface area (Å²) in [4.78, 5) is 45.7. The Kier molecular flexibility index (Phi) is 10.0. The highest BCUT2D eigenvalue weighted by atomic mass is 32.2. The van der Waals surface area contributed by atoms with Crippen molar-refractivity contribution in [2.24, 2.45) is 10.7 Å². The Bertz CT molecular complexity index is 966. The molecule has 1 aromatic rings. The highest BCUT2D eigenvalue weighted by molar-refractivity contribution is 8.15. The van der Waals surface area contributed by atoms with Gasteiger partial charge in [-0.15, -0.1) is 0 Å². The molecule has 190 valence electrons. The molecular weight excluding hydrogens is 490 g/mol. The van der Waals surface area contributed by atoms with E-state index in [2.05, 4.69) is 15.2 Å². The number of nitrogens with two attached hydrogens (primary N) is 1. The van der Waals surface area contributed by atoms with E-state index in [9.17, 15) is 14.4 Å². The van der Waals surface area contributed by atoms with E-state index in [0.29, 0.717) is 42.7 Å². The minimum Gasteiger partial charge on any atom is -0.464 e. The van der Waals surface area contributed by atoms with Crippen LogP contribution < -0.4 is 11.1 Å². The minimum atomic E-state index is -0.458. The summed E-state index contributed by atoms with van der Waals surface area (Å²) in [6.45, 7) is 6.15. The van der Waals surface area contributed by atoms with Gasteiger partial charge in [-0.1, -0.05) is 36.1 Å². The molecule has 0 bridgehead atoms. The van der Waals surface area contributed by atoms with E-state index in [4.69, 9.17) is 27.4 Å². The van der Waals surface area contributed by atoms with E-state index in [-0.39, 0.29) is 35.9 Å². The molecule has 2 unspecified atom stereocenters. The SMILES string of the molecule is CC1C(C(=O)NCCC(=O)OCCN2CCOCC2)SC(=NC(=O)c2ccc(C(N)=S)cc2)N1C. The van der Waals surface area contributed by atoms with Crippen molar-refractivity contribution in [1.82, 2.24) is 15.1 Å². The average Bonchev–Trinajstić information content (AvgIpc) is 3.13. The van der Waals surface area contributed by atoms with E-state index in [0.717, 1.165) is 13.1 Å². The minimum absolute atomic E-state index is 0.0954. The maximum atomic E-state index is 12.7. The number of morpholine rings is 1. The van der Waals surface area contributed by atoms with Crippen LogP contribution in [-0.4, -0.2) is 102 Å². The van der Waals surface area contributed by atoms with Crippen LogP contribution in [-0.2, 0) is 19.1 Å². The number of amides is 2. The molecule has 3 N–H and O–H groups in total. The molecule has 0 aromatic heterocycles. The number of rotatable bonds is 9. The lowest BCUT2D eigenvalue weighted by Crippen LogP contribution is -2.41.